The highest BCUT2D eigenvalue weighted by atomic mass is 35.5. The second kappa shape index (κ2) is 8.99. The predicted molar refractivity (Wildman–Crippen MR) is 125 cm³/mol. The van der Waals surface area contributed by atoms with Crippen molar-refractivity contribution in [1.82, 2.24) is 4.90 Å². The molecular weight excluding hydrogens is 445 g/mol. The van der Waals surface area contributed by atoms with Gasteiger partial charge < -0.3 is 19.1 Å². The lowest BCUT2D eigenvalue weighted by Gasteiger charge is -2.42. The number of para-hydroxylation sites is 1. The van der Waals surface area contributed by atoms with Crippen molar-refractivity contribution in [2.45, 2.75) is 58.0 Å². The van der Waals surface area contributed by atoms with Gasteiger partial charge in [0.25, 0.3) is 0 Å². The zero-order valence-electron chi connectivity index (χ0n) is 19.4. The Labute approximate surface area is 199 Å². The molecule has 176 valence electrons. The van der Waals surface area contributed by atoms with E-state index in [-0.39, 0.29) is 18.6 Å². The number of halogens is 2. The first kappa shape index (κ1) is 23.6. The largest absolute Gasteiger partial charge is 0.462 e. The summed E-state index contributed by atoms with van der Waals surface area (Å²) in [5.74, 6) is -0.756. The van der Waals surface area contributed by atoms with E-state index >= 15 is 0 Å². The molecule has 2 heterocycles. The lowest BCUT2D eigenvalue weighted by Crippen LogP contribution is -2.44. The Morgan fingerprint density at radius 1 is 1.27 bits per heavy atom. The number of hydrogen-bond donors (Lipinski definition) is 0. The summed E-state index contributed by atoms with van der Waals surface area (Å²) in [6, 6.07) is 12.3. The maximum Gasteiger partial charge on any atom is 0.410 e. The van der Waals surface area contributed by atoms with E-state index in [9.17, 15) is 9.18 Å². The third-order valence-electron chi connectivity index (χ3n) is 5.65. The van der Waals surface area contributed by atoms with Crippen LogP contribution in [0.15, 0.2) is 54.1 Å². The van der Waals surface area contributed by atoms with Gasteiger partial charge in [0.15, 0.2) is 0 Å². The van der Waals surface area contributed by atoms with Crippen molar-refractivity contribution in [3.63, 3.8) is 0 Å². The van der Waals surface area contributed by atoms with Crippen LogP contribution in [0.25, 0.3) is 0 Å². The highest BCUT2D eigenvalue weighted by Gasteiger charge is 2.41. The Bertz CT molecular complexity index is 1080. The van der Waals surface area contributed by atoms with Crippen LogP contribution in [0.3, 0.4) is 0 Å². The standard InChI is InChI=1S/C26H29ClFNO4/c1-25(2,3)33-24(30)29-13-11-17(12-14-29)23-20-7-5-6-8-22(20)31-26(4,32-23)16-18-9-10-19(27)15-21(18)28/h5-11,15,23H,12-14,16H2,1-4H3. The Balaban J connectivity index is 1.57. The molecule has 0 radical (unpaired) electrons. The number of carbonyl (C=O) groups is 1. The van der Waals surface area contributed by atoms with E-state index in [1.165, 1.54) is 6.07 Å². The summed E-state index contributed by atoms with van der Waals surface area (Å²) in [6.07, 6.45) is 2.20. The van der Waals surface area contributed by atoms with Crippen LogP contribution in [-0.4, -0.2) is 35.5 Å². The summed E-state index contributed by atoms with van der Waals surface area (Å²) in [4.78, 5) is 14.1. The van der Waals surface area contributed by atoms with Gasteiger partial charge in [-0.2, -0.15) is 0 Å². The topological polar surface area (TPSA) is 48.0 Å². The molecule has 2 aliphatic heterocycles. The molecule has 2 aliphatic rings. The Morgan fingerprint density at radius 2 is 2.03 bits per heavy atom. The SMILES string of the molecule is CC(C)(C)OC(=O)N1CC=C(C2OC(C)(Cc3ccc(Cl)cc3F)Oc3ccccc32)CC1. The first-order chi connectivity index (χ1) is 15.5. The van der Waals surface area contributed by atoms with E-state index in [1.54, 1.807) is 17.0 Å². The predicted octanol–water partition coefficient (Wildman–Crippen LogP) is 6.46. The number of carbonyl (C=O) groups excluding carboxylic acids is 1. The highest BCUT2D eigenvalue weighted by Crippen LogP contribution is 2.44. The number of amides is 1. The van der Waals surface area contributed by atoms with Crippen molar-refractivity contribution < 1.29 is 23.4 Å². The second-order valence-corrected chi connectivity index (χ2v) is 10.1. The molecule has 0 saturated heterocycles. The van der Waals surface area contributed by atoms with E-state index in [0.29, 0.717) is 35.8 Å². The van der Waals surface area contributed by atoms with Crippen LogP contribution in [-0.2, 0) is 15.9 Å². The second-order valence-electron chi connectivity index (χ2n) is 9.64. The van der Waals surface area contributed by atoms with Crippen molar-refractivity contribution in [2.75, 3.05) is 13.1 Å². The van der Waals surface area contributed by atoms with Gasteiger partial charge in [-0.05, 0) is 56.5 Å². The van der Waals surface area contributed by atoms with Gasteiger partial charge >= 0.3 is 6.09 Å². The average molecular weight is 474 g/mol. The van der Waals surface area contributed by atoms with E-state index < -0.39 is 17.2 Å². The molecule has 0 fully saturated rings. The lowest BCUT2D eigenvalue weighted by molar-refractivity contribution is -0.209. The Hall–Kier alpha value is -2.57. The van der Waals surface area contributed by atoms with E-state index in [4.69, 9.17) is 25.8 Å². The molecule has 2 aromatic rings. The third kappa shape index (κ3) is 5.50. The molecular formula is C26H29ClFNO4. The summed E-state index contributed by atoms with van der Waals surface area (Å²) >= 11 is 5.91. The van der Waals surface area contributed by atoms with Crippen LogP contribution >= 0.6 is 11.6 Å². The van der Waals surface area contributed by atoms with Crippen LogP contribution < -0.4 is 4.74 Å². The first-order valence-corrected chi connectivity index (χ1v) is 11.5. The molecule has 0 aliphatic carbocycles. The molecule has 5 nitrogen and oxygen atoms in total. The summed E-state index contributed by atoms with van der Waals surface area (Å²) in [5.41, 5.74) is 1.91. The van der Waals surface area contributed by atoms with Crippen LogP contribution in [0.4, 0.5) is 9.18 Å². The number of nitrogens with zero attached hydrogens (tertiary/aromatic N) is 1. The molecule has 1 amide bonds. The summed E-state index contributed by atoms with van der Waals surface area (Å²) in [5, 5.41) is 0.344. The molecule has 0 N–H and O–H groups in total. The number of hydrogen-bond acceptors (Lipinski definition) is 4. The van der Waals surface area contributed by atoms with Gasteiger partial charge in [0, 0.05) is 37.0 Å². The van der Waals surface area contributed by atoms with Gasteiger partial charge in [-0.1, -0.05) is 41.9 Å². The van der Waals surface area contributed by atoms with Gasteiger partial charge in [-0.25, -0.2) is 9.18 Å². The van der Waals surface area contributed by atoms with Crippen molar-refractivity contribution in [1.29, 1.82) is 0 Å². The molecule has 4 rings (SSSR count). The summed E-state index contributed by atoms with van der Waals surface area (Å²) in [6.45, 7) is 8.36. The molecule has 0 spiro atoms. The molecule has 0 saturated carbocycles. The molecule has 2 aromatic carbocycles. The zero-order chi connectivity index (χ0) is 23.8. The fourth-order valence-electron chi connectivity index (χ4n) is 4.14. The fourth-order valence-corrected chi connectivity index (χ4v) is 4.30. The maximum absolute atomic E-state index is 14.5. The molecule has 0 bridgehead atoms. The smallest absolute Gasteiger partial charge is 0.410 e. The van der Waals surface area contributed by atoms with Gasteiger partial charge in [-0.3, -0.25) is 0 Å². The highest BCUT2D eigenvalue weighted by molar-refractivity contribution is 6.30. The van der Waals surface area contributed by atoms with Crippen molar-refractivity contribution in [3.8, 4) is 5.75 Å². The molecule has 33 heavy (non-hydrogen) atoms. The summed E-state index contributed by atoms with van der Waals surface area (Å²) < 4.78 is 32.7. The number of fused-ring (bicyclic) bond motifs is 1. The number of benzene rings is 2. The normalized spacial score (nSPS) is 22.8. The lowest BCUT2D eigenvalue weighted by atomic mass is 9.93. The van der Waals surface area contributed by atoms with Crippen molar-refractivity contribution >= 4 is 17.7 Å². The minimum Gasteiger partial charge on any atom is -0.462 e. The minimum atomic E-state index is -1.07. The minimum absolute atomic E-state index is 0.220. The van der Waals surface area contributed by atoms with Crippen LogP contribution in [0, 0.1) is 5.82 Å². The molecule has 2 atom stereocenters. The van der Waals surface area contributed by atoms with Crippen molar-refractivity contribution in [3.05, 3.63) is 76.1 Å². The Kier molecular flexibility index (Phi) is 6.43. The van der Waals surface area contributed by atoms with Crippen LogP contribution in [0.5, 0.6) is 5.75 Å². The molecule has 2 unspecified atom stereocenters. The van der Waals surface area contributed by atoms with Gasteiger partial charge in [0.1, 0.15) is 23.3 Å². The van der Waals surface area contributed by atoms with Gasteiger partial charge in [0.2, 0.25) is 5.79 Å². The third-order valence-corrected chi connectivity index (χ3v) is 5.89. The van der Waals surface area contributed by atoms with Crippen LogP contribution in [0.2, 0.25) is 5.02 Å². The van der Waals surface area contributed by atoms with E-state index in [0.717, 1.165) is 11.1 Å². The summed E-state index contributed by atoms with van der Waals surface area (Å²) in [7, 11) is 0. The Morgan fingerprint density at radius 3 is 2.70 bits per heavy atom. The molecule has 0 aromatic heterocycles. The molecule has 7 heteroatoms. The number of rotatable bonds is 3. The van der Waals surface area contributed by atoms with Crippen molar-refractivity contribution in [2.24, 2.45) is 0 Å². The average Bonchev–Trinajstić information content (AvgIpc) is 2.74. The first-order valence-electron chi connectivity index (χ1n) is 11.1. The van der Waals surface area contributed by atoms with E-state index in [1.807, 2.05) is 58.0 Å². The van der Waals surface area contributed by atoms with Gasteiger partial charge in [0.05, 0.1) is 0 Å². The quantitative estimate of drug-likeness (QED) is 0.480. The fraction of sp³-hybridized carbons (Fsp3) is 0.423. The van der Waals surface area contributed by atoms with E-state index in [2.05, 4.69) is 0 Å². The monoisotopic (exact) mass is 473 g/mol. The number of ether oxygens (including phenoxy) is 3. The van der Waals surface area contributed by atoms with Gasteiger partial charge in [-0.15, -0.1) is 0 Å². The zero-order valence-corrected chi connectivity index (χ0v) is 20.1. The maximum atomic E-state index is 14.5. The van der Waals surface area contributed by atoms with Crippen LogP contribution in [0.1, 0.15) is 51.3 Å².